The number of hydrogen-bond donors (Lipinski definition) is 6. The SMILES string of the molecule is CCCCC(S)CCC(=O)Oc1ccc(C2=Cc3nc2c(-c2ccc(OC(=O)CCC(S)CCCC)cc2)c2ccc(cc4nc(c(-c5ccc(OC(=O)CCC(S)CCCC)cc5)c5ccc([nH]5)c3-c3ccc(OC(=O)CCC(S)CCCC)cc3)C=C4)[nH]2)cc1. The fourth-order valence-corrected chi connectivity index (χ4v) is 12.6. The van der Waals surface area contributed by atoms with Crippen LogP contribution in [0, 0.1) is 0 Å². The van der Waals surface area contributed by atoms with Crippen LogP contribution < -0.4 is 18.9 Å². The van der Waals surface area contributed by atoms with Crippen LogP contribution in [0.25, 0.3) is 79.2 Å². The Labute approximate surface area is 563 Å². The van der Waals surface area contributed by atoms with E-state index in [1.165, 1.54) is 0 Å². The molecule has 0 radical (unpaired) electrons. The molecule has 2 aliphatic rings. The first-order valence-corrected chi connectivity index (χ1v) is 34.9. The lowest BCUT2D eigenvalue weighted by Gasteiger charge is -2.12. The molecule has 5 heterocycles. The predicted octanol–water partition coefficient (Wildman–Crippen LogP) is 19.8. The van der Waals surface area contributed by atoms with Crippen LogP contribution in [0.5, 0.6) is 23.0 Å². The molecule has 0 fully saturated rings. The Balaban J connectivity index is 1.20. The molecule has 12 nitrogen and oxygen atoms in total. The van der Waals surface area contributed by atoms with Gasteiger partial charge in [-0.1, -0.05) is 128 Å². The van der Waals surface area contributed by atoms with Gasteiger partial charge in [0.15, 0.2) is 0 Å². The highest BCUT2D eigenvalue weighted by Gasteiger charge is 2.25. The quantitative estimate of drug-likeness (QED) is 0.0136. The summed E-state index contributed by atoms with van der Waals surface area (Å²) in [5, 5.41) is 0.481. The van der Waals surface area contributed by atoms with E-state index in [1.807, 2.05) is 127 Å². The van der Waals surface area contributed by atoms with E-state index in [1.54, 1.807) is 12.1 Å². The summed E-state index contributed by atoms with van der Waals surface area (Å²) in [4.78, 5) is 71.3. The van der Waals surface area contributed by atoms with Gasteiger partial charge in [-0.25, -0.2) is 9.97 Å². The van der Waals surface area contributed by atoms with Crippen molar-refractivity contribution in [1.82, 2.24) is 19.9 Å². The average Bonchev–Trinajstić information content (AvgIpc) is 1.60. The highest BCUT2D eigenvalue weighted by Crippen LogP contribution is 2.42. The molecule has 482 valence electrons. The molecule has 3 aromatic heterocycles. The van der Waals surface area contributed by atoms with Crippen molar-refractivity contribution in [2.24, 2.45) is 0 Å². The van der Waals surface area contributed by atoms with Crippen LogP contribution in [0.2, 0.25) is 0 Å². The summed E-state index contributed by atoms with van der Waals surface area (Å²) in [6.45, 7) is 8.58. The van der Waals surface area contributed by atoms with E-state index in [2.05, 4.69) is 43.7 Å². The van der Waals surface area contributed by atoms with Gasteiger partial charge in [0.1, 0.15) is 23.0 Å². The van der Waals surface area contributed by atoms with Gasteiger partial charge in [-0.2, -0.15) is 50.5 Å². The molecule has 16 heteroatoms. The molecule has 0 amide bonds. The van der Waals surface area contributed by atoms with E-state index >= 15 is 0 Å². The van der Waals surface area contributed by atoms with Crippen molar-refractivity contribution >= 4 is 120 Å². The third-order valence-electron chi connectivity index (χ3n) is 16.5. The minimum atomic E-state index is -0.326. The molecule has 8 bridgehead atoms. The van der Waals surface area contributed by atoms with Crippen LogP contribution in [0.4, 0.5) is 0 Å². The summed E-state index contributed by atoms with van der Waals surface area (Å²) in [7, 11) is 0. The third kappa shape index (κ3) is 19.7. The normalized spacial score (nSPS) is 13.2. The van der Waals surface area contributed by atoms with Gasteiger partial charge in [0.25, 0.3) is 0 Å². The molecule has 4 atom stereocenters. The highest BCUT2D eigenvalue weighted by molar-refractivity contribution is 7.81. The molecular weight excluding hydrogens is 1230 g/mol. The lowest BCUT2D eigenvalue weighted by molar-refractivity contribution is -0.135. The molecule has 4 unspecified atom stereocenters. The van der Waals surface area contributed by atoms with E-state index in [9.17, 15) is 19.2 Å². The molecule has 2 aliphatic heterocycles. The number of carbonyl (C=O) groups excluding carboxylic acids is 4. The van der Waals surface area contributed by atoms with E-state index < -0.39 is 0 Å². The van der Waals surface area contributed by atoms with E-state index in [-0.39, 0.29) is 70.6 Å². The smallest absolute Gasteiger partial charge is 0.311 e. The monoisotopic (exact) mass is 1310 g/mol. The number of esters is 4. The average molecular weight is 1310 g/mol. The Hall–Kier alpha value is -7.24. The van der Waals surface area contributed by atoms with Gasteiger partial charge in [0.2, 0.25) is 0 Å². The fraction of sp³-hybridized carbons (Fsp3) is 0.368. The maximum Gasteiger partial charge on any atom is 0.311 e. The predicted molar refractivity (Wildman–Crippen MR) is 388 cm³/mol. The molecular formula is C76H86N4O8S4. The number of unbranched alkanes of at least 4 members (excludes halogenated alkanes) is 4. The standard InChI is InChI=1S/C76H86N4O8S4/c1-5-9-13-59(89)35-43-69(81)85-55-27-17-49(18-28-55)63-48-68-74(51-21-31-57(32-22-51)87-71(83)45-37-61(91)15-11-7-3)66-42-41-65(79-66)73(50-19-29-56(30-20-50)86-70(82)44-36-60(90)14-10-6-2)64-39-25-53(77-64)47-54-26-40-67(78-54)75(76(63)80-68)52-23-33-58(34-24-52)88-72(84)46-38-62(92)16-12-8-4/h17-34,39-42,47-48,59-62,78-79,89-92H,5-16,35-38,43-46H2,1-4H3. The number of aromatic nitrogens is 4. The number of rotatable bonds is 32. The van der Waals surface area contributed by atoms with Gasteiger partial charge in [-0.05, 0) is 171 Å². The van der Waals surface area contributed by atoms with Gasteiger partial charge < -0.3 is 28.9 Å². The zero-order valence-corrected chi connectivity index (χ0v) is 56.8. The molecule has 0 spiro atoms. The molecule has 0 saturated heterocycles. The van der Waals surface area contributed by atoms with Gasteiger partial charge >= 0.3 is 23.9 Å². The van der Waals surface area contributed by atoms with Crippen molar-refractivity contribution in [2.45, 2.75) is 177 Å². The first-order chi connectivity index (χ1) is 44.7. The summed E-state index contributed by atoms with van der Waals surface area (Å²) < 4.78 is 23.6. The Morgan fingerprint density at radius 1 is 0.391 bits per heavy atom. The van der Waals surface area contributed by atoms with Gasteiger partial charge in [-0.15, -0.1) is 0 Å². The lowest BCUT2D eigenvalue weighted by atomic mass is 9.95. The number of fused-ring (bicyclic) bond motifs is 8. The number of ether oxygens (including phenoxy) is 4. The summed E-state index contributed by atoms with van der Waals surface area (Å²) in [5.74, 6) is 0.409. The van der Waals surface area contributed by atoms with Gasteiger partial charge in [0, 0.05) is 91.0 Å². The van der Waals surface area contributed by atoms with Crippen molar-refractivity contribution in [2.75, 3.05) is 0 Å². The highest BCUT2D eigenvalue weighted by atomic mass is 32.1. The maximum absolute atomic E-state index is 13.3. The minimum absolute atomic E-state index is 0.111. The second-order valence-corrected chi connectivity index (χ2v) is 26.8. The molecule has 7 aromatic rings. The summed E-state index contributed by atoms with van der Waals surface area (Å²) in [5.41, 5.74) is 12.0. The van der Waals surface area contributed by atoms with Crippen LogP contribution in [0.15, 0.2) is 127 Å². The zero-order chi connectivity index (χ0) is 64.9. The first kappa shape index (κ1) is 69.1. The first-order valence-electron chi connectivity index (χ1n) is 32.8. The molecule has 4 aromatic carbocycles. The van der Waals surface area contributed by atoms with E-state index in [0.29, 0.717) is 71.5 Å². The number of aromatic amines is 2. The second-order valence-electron chi connectivity index (χ2n) is 23.9. The number of carbonyl (C=O) groups is 4. The maximum atomic E-state index is 13.3. The largest absolute Gasteiger partial charge is 0.427 e. The lowest BCUT2D eigenvalue weighted by Crippen LogP contribution is -2.11. The van der Waals surface area contributed by atoms with Crippen LogP contribution in [0.3, 0.4) is 0 Å². The number of nitrogens with one attached hydrogen (secondary N) is 2. The number of H-pyrrole nitrogens is 2. The second kappa shape index (κ2) is 34.6. The van der Waals surface area contributed by atoms with Crippen LogP contribution in [-0.4, -0.2) is 64.8 Å². The van der Waals surface area contributed by atoms with Gasteiger partial charge in [0.05, 0.1) is 22.8 Å². The van der Waals surface area contributed by atoms with Crippen molar-refractivity contribution in [3.63, 3.8) is 0 Å². The Morgan fingerprint density at radius 3 is 1.13 bits per heavy atom. The third-order valence-corrected chi connectivity index (χ3v) is 18.6. The number of thiol groups is 4. The summed E-state index contributed by atoms with van der Waals surface area (Å²) in [6.07, 6.45) is 21.9. The Bertz CT molecular complexity index is 3880. The number of hydrogen-bond acceptors (Lipinski definition) is 14. The Morgan fingerprint density at radius 2 is 0.739 bits per heavy atom. The topological polar surface area (TPSA) is 163 Å². The van der Waals surface area contributed by atoms with Gasteiger partial charge in [-0.3, -0.25) is 19.2 Å². The Kier molecular flexibility index (Phi) is 26.0. The number of nitrogens with zero attached hydrogens (tertiary/aromatic N) is 2. The van der Waals surface area contributed by atoms with Crippen molar-refractivity contribution < 1.29 is 38.1 Å². The number of benzene rings is 4. The molecule has 2 N–H and O–H groups in total. The van der Waals surface area contributed by atoms with Crippen molar-refractivity contribution in [3.05, 3.63) is 156 Å². The summed E-state index contributed by atoms with van der Waals surface area (Å²) in [6, 6.07) is 40.1. The molecule has 9 rings (SSSR count). The summed E-state index contributed by atoms with van der Waals surface area (Å²) >= 11 is 18.9. The molecule has 0 saturated carbocycles. The van der Waals surface area contributed by atoms with E-state index in [4.69, 9.17) is 79.4 Å². The van der Waals surface area contributed by atoms with Crippen LogP contribution >= 0.6 is 50.5 Å². The molecule has 92 heavy (non-hydrogen) atoms. The van der Waals surface area contributed by atoms with Crippen LogP contribution in [0.1, 0.15) is 184 Å². The van der Waals surface area contributed by atoms with E-state index in [0.717, 1.165) is 144 Å². The van der Waals surface area contributed by atoms with Crippen molar-refractivity contribution in [1.29, 1.82) is 0 Å². The van der Waals surface area contributed by atoms with Crippen LogP contribution in [-0.2, 0) is 19.2 Å². The minimum Gasteiger partial charge on any atom is -0.427 e. The fourth-order valence-electron chi connectivity index (χ4n) is 11.3. The molecule has 0 aliphatic carbocycles. The zero-order valence-electron chi connectivity index (χ0n) is 53.3. The van der Waals surface area contributed by atoms with Crippen molar-refractivity contribution in [3.8, 4) is 56.4 Å².